The predicted octanol–water partition coefficient (Wildman–Crippen LogP) is 1.32. The van der Waals surface area contributed by atoms with Crippen LogP contribution in [0.5, 0.6) is 0 Å². The summed E-state index contributed by atoms with van der Waals surface area (Å²) >= 11 is 5.29. The molecular weight excluding hydrogens is 378 g/mol. The fraction of sp³-hybridized carbons (Fsp3) is 0. The Hall–Kier alpha value is 0.630. The first-order chi connectivity index (χ1) is 4.63. The SMILES string of the molecule is O=C([O-])c1scc(I)c1I. The molecular formula is C5HI2O2S-. The summed E-state index contributed by atoms with van der Waals surface area (Å²) in [6.07, 6.45) is 0. The van der Waals surface area contributed by atoms with Gasteiger partial charge in [-0.2, -0.15) is 0 Å². The van der Waals surface area contributed by atoms with Crippen molar-refractivity contribution < 1.29 is 9.90 Å². The average Bonchev–Trinajstić information content (AvgIpc) is 2.14. The summed E-state index contributed by atoms with van der Waals surface area (Å²) in [5, 5.41) is 12.1. The van der Waals surface area contributed by atoms with Crippen molar-refractivity contribution >= 4 is 62.5 Å². The maximum atomic E-state index is 10.3. The van der Waals surface area contributed by atoms with Gasteiger partial charge in [0.15, 0.2) is 0 Å². The van der Waals surface area contributed by atoms with Gasteiger partial charge in [-0.05, 0) is 45.2 Å². The summed E-state index contributed by atoms with van der Waals surface area (Å²) in [5.41, 5.74) is 0. The van der Waals surface area contributed by atoms with Gasteiger partial charge in [-0.25, -0.2) is 0 Å². The Labute approximate surface area is 88.9 Å². The molecule has 5 heteroatoms. The zero-order valence-corrected chi connectivity index (χ0v) is 9.69. The van der Waals surface area contributed by atoms with Gasteiger partial charge in [0.1, 0.15) is 0 Å². The quantitative estimate of drug-likeness (QED) is 0.691. The van der Waals surface area contributed by atoms with Crippen molar-refractivity contribution in [3.05, 3.63) is 17.4 Å². The number of carboxylic acid groups (broad SMARTS) is 1. The van der Waals surface area contributed by atoms with Gasteiger partial charge in [-0.1, -0.05) is 0 Å². The van der Waals surface area contributed by atoms with Crippen LogP contribution in [0.25, 0.3) is 0 Å². The van der Waals surface area contributed by atoms with E-state index in [0.29, 0.717) is 4.88 Å². The Morgan fingerprint density at radius 1 is 1.60 bits per heavy atom. The van der Waals surface area contributed by atoms with E-state index in [9.17, 15) is 9.90 Å². The Bertz CT molecular complexity index is 269. The second kappa shape index (κ2) is 3.35. The molecule has 10 heavy (non-hydrogen) atoms. The van der Waals surface area contributed by atoms with Crippen LogP contribution in [-0.2, 0) is 0 Å². The van der Waals surface area contributed by atoms with Crippen LogP contribution in [0.1, 0.15) is 9.67 Å². The number of aromatic carboxylic acids is 1. The molecule has 0 unspecified atom stereocenters. The molecule has 1 aromatic rings. The van der Waals surface area contributed by atoms with Crippen LogP contribution in [0.3, 0.4) is 0 Å². The standard InChI is InChI=1S/C5H2I2O2S/c6-2-1-10-4(3(2)7)5(8)9/h1H,(H,8,9)/p-1. The molecule has 0 radical (unpaired) electrons. The number of carbonyl (C=O) groups excluding carboxylic acids is 1. The van der Waals surface area contributed by atoms with E-state index in [-0.39, 0.29) is 0 Å². The molecule has 0 atom stereocenters. The summed E-state index contributed by atoms with van der Waals surface area (Å²) in [7, 11) is 0. The number of halogens is 2. The van der Waals surface area contributed by atoms with Crippen molar-refractivity contribution in [2.75, 3.05) is 0 Å². The van der Waals surface area contributed by atoms with Gasteiger partial charge >= 0.3 is 0 Å². The molecule has 54 valence electrons. The average molecular weight is 379 g/mol. The van der Waals surface area contributed by atoms with E-state index in [1.54, 1.807) is 5.38 Å². The predicted molar refractivity (Wildman–Crippen MR) is 54.1 cm³/mol. The third kappa shape index (κ3) is 1.62. The lowest BCUT2D eigenvalue weighted by Crippen LogP contribution is -2.21. The monoisotopic (exact) mass is 379 g/mol. The molecule has 1 aromatic heterocycles. The van der Waals surface area contributed by atoms with Crippen molar-refractivity contribution in [2.24, 2.45) is 0 Å². The van der Waals surface area contributed by atoms with E-state index in [1.807, 2.05) is 22.6 Å². The van der Waals surface area contributed by atoms with Crippen LogP contribution in [-0.4, -0.2) is 5.97 Å². The summed E-state index contributed by atoms with van der Waals surface area (Å²) in [6.45, 7) is 0. The van der Waals surface area contributed by atoms with Crippen molar-refractivity contribution in [3.8, 4) is 0 Å². The molecule has 0 aliphatic rings. The molecule has 0 spiro atoms. The number of hydrogen-bond donors (Lipinski definition) is 0. The largest absolute Gasteiger partial charge is 0.544 e. The molecule has 2 nitrogen and oxygen atoms in total. The van der Waals surface area contributed by atoms with E-state index in [1.165, 1.54) is 11.3 Å². The van der Waals surface area contributed by atoms with Crippen LogP contribution in [0, 0.1) is 7.14 Å². The number of thiophene rings is 1. The summed E-state index contributed by atoms with van der Waals surface area (Å²) < 4.78 is 1.76. The van der Waals surface area contributed by atoms with Gasteiger partial charge < -0.3 is 9.90 Å². The molecule has 0 N–H and O–H groups in total. The molecule has 0 aliphatic heterocycles. The Kier molecular flexibility index (Phi) is 2.92. The maximum Gasteiger partial charge on any atom is 0.0826 e. The van der Waals surface area contributed by atoms with Crippen LogP contribution < -0.4 is 5.11 Å². The first-order valence-electron chi connectivity index (χ1n) is 2.26. The van der Waals surface area contributed by atoms with E-state index >= 15 is 0 Å². The van der Waals surface area contributed by atoms with Crippen LogP contribution in [0.4, 0.5) is 0 Å². The van der Waals surface area contributed by atoms with Crippen molar-refractivity contribution in [1.29, 1.82) is 0 Å². The minimum atomic E-state index is -1.09. The van der Waals surface area contributed by atoms with E-state index < -0.39 is 5.97 Å². The minimum Gasteiger partial charge on any atom is -0.544 e. The number of hydrogen-bond acceptors (Lipinski definition) is 3. The molecule has 0 aliphatic carbocycles. The number of rotatable bonds is 1. The zero-order chi connectivity index (χ0) is 7.72. The molecule has 0 saturated carbocycles. The van der Waals surface area contributed by atoms with Gasteiger partial charge in [0.05, 0.1) is 10.8 Å². The van der Waals surface area contributed by atoms with Crippen molar-refractivity contribution in [1.82, 2.24) is 0 Å². The molecule has 0 bridgehead atoms. The number of carbonyl (C=O) groups is 1. The highest BCUT2D eigenvalue weighted by atomic mass is 127. The van der Waals surface area contributed by atoms with Crippen LogP contribution >= 0.6 is 56.5 Å². The Morgan fingerprint density at radius 3 is 2.40 bits per heavy atom. The van der Waals surface area contributed by atoms with E-state index in [4.69, 9.17) is 0 Å². The molecule has 0 aromatic carbocycles. The highest BCUT2D eigenvalue weighted by Crippen LogP contribution is 2.24. The lowest BCUT2D eigenvalue weighted by atomic mass is 10.5. The van der Waals surface area contributed by atoms with Gasteiger partial charge in [-0.15, -0.1) is 11.3 Å². The zero-order valence-electron chi connectivity index (χ0n) is 4.56. The smallest absolute Gasteiger partial charge is 0.0826 e. The Balaban J connectivity index is 3.17. The second-order valence-electron chi connectivity index (χ2n) is 1.51. The third-order valence-corrected chi connectivity index (χ3v) is 5.63. The highest BCUT2D eigenvalue weighted by molar-refractivity contribution is 14.1. The molecule has 0 amide bonds. The fourth-order valence-electron chi connectivity index (χ4n) is 0.460. The normalized spacial score (nSPS) is 9.80. The molecule has 1 heterocycles. The summed E-state index contributed by atoms with van der Waals surface area (Å²) in [5.74, 6) is -1.09. The molecule has 0 fully saturated rings. The van der Waals surface area contributed by atoms with Gasteiger partial charge in [-0.3, -0.25) is 0 Å². The number of carboxylic acids is 1. The lowest BCUT2D eigenvalue weighted by molar-refractivity contribution is -0.254. The molecule has 0 saturated heterocycles. The molecule has 1 rings (SSSR count). The first kappa shape index (κ1) is 8.72. The van der Waals surface area contributed by atoms with Gasteiger partial charge in [0.2, 0.25) is 0 Å². The van der Waals surface area contributed by atoms with Gasteiger partial charge in [0, 0.05) is 12.5 Å². The van der Waals surface area contributed by atoms with E-state index in [2.05, 4.69) is 22.6 Å². The van der Waals surface area contributed by atoms with Crippen molar-refractivity contribution in [3.63, 3.8) is 0 Å². The van der Waals surface area contributed by atoms with Gasteiger partial charge in [0.25, 0.3) is 0 Å². The lowest BCUT2D eigenvalue weighted by Gasteiger charge is -1.96. The highest BCUT2D eigenvalue weighted by Gasteiger charge is 2.05. The van der Waals surface area contributed by atoms with Crippen LogP contribution in [0.15, 0.2) is 5.38 Å². The van der Waals surface area contributed by atoms with Crippen LogP contribution in [0.2, 0.25) is 0 Å². The maximum absolute atomic E-state index is 10.3. The third-order valence-electron chi connectivity index (χ3n) is 0.875. The van der Waals surface area contributed by atoms with Crippen molar-refractivity contribution in [2.45, 2.75) is 0 Å². The second-order valence-corrected chi connectivity index (χ2v) is 4.63. The summed E-state index contributed by atoms with van der Waals surface area (Å²) in [6, 6.07) is 0. The fourth-order valence-corrected chi connectivity index (χ4v) is 2.91. The first-order valence-corrected chi connectivity index (χ1v) is 5.30. The summed E-state index contributed by atoms with van der Waals surface area (Å²) in [4.78, 5) is 10.7. The Morgan fingerprint density at radius 2 is 2.20 bits per heavy atom. The topological polar surface area (TPSA) is 40.1 Å². The minimum absolute atomic E-state index is 0.324. The van der Waals surface area contributed by atoms with E-state index in [0.717, 1.165) is 7.14 Å².